The molecule has 0 radical (unpaired) electrons. The van der Waals surface area contributed by atoms with Crippen LogP contribution in [-0.4, -0.2) is 40.7 Å². The van der Waals surface area contributed by atoms with Gasteiger partial charge >= 0.3 is 0 Å². The van der Waals surface area contributed by atoms with Crippen molar-refractivity contribution in [2.75, 3.05) is 20.1 Å². The van der Waals surface area contributed by atoms with Crippen LogP contribution in [0.25, 0.3) is 0 Å². The Labute approximate surface area is 142 Å². The molecule has 1 aromatic heterocycles. The predicted molar refractivity (Wildman–Crippen MR) is 92.4 cm³/mol. The highest BCUT2D eigenvalue weighted by Crippen LogP contribution is 2.09. The largest absolute Gasteiger partial charge is 0.355 e. The number of hydrogen-bond acceptors (Lipinski definition) is 3. The smallest absolute Gasteiger partial charge is 0.234 e. The first-order valence-electron chi connectivity index (χ1n) is 7.79. The van der Waals surface area contributed by atoms with E-state index in [1.54, 1.807) is 6.20 Å². The van der Waals surface area contributed by atoms with E-state index in [4.69, 9.17) is 11.6 Å². The molecule has 0 bridgehead atoms. The van der Waals surface area contributed by atoms with Crippen LogP contribution in [0.4, 0.5) is 0 Å². The van der Waals surface area contributed by atoms with Gasteiger partial charge in [-0.2, -0.15) is 5.10 Å². The fourth-order valence-electron chi connectivity index (χ4n) is 2.41. The van der Waals surface area contributed by atoms with Gasteiger partial charge in [0.2, 0.25) is 5.91 Å². The molecule has 1 amide bonds. The Bertz CT molecular complexity index is 624. The maximum absolute atomic E-state index is 12.0. The van der Waals surface area contributed by atoms with Crippen LogP contribution in [0.15, 0.2) is 36.5 Å². The number of nitrogens with zero attached hydrogens (tertiary/aromatic N) is 3. The van der Waals surface area contributed by atoms with Crippen LogP contribution in [0, 0.1) is 0 Å². The summed E-state index contributed by atoms with van der Waals surface area (Å²) >= 11 is 5.85. The summed E-state index contributed by atoms with van der Waals surface area (Å²) in [6.45, 7) is 4.60. The van der Waals surface area contributed by atoms with Gasteiger partial charge in [0.15, 0.2) is 0 Å². The number of hydrogen-bond donors (Lipinski definition) is 1. The zero-order chi connectivity index (χ0) is 16.7. The fraction of sp³-hybridized carbons (Fsp3) is 0.412. The molecule has 5 nitrogen and oxygen atoms in total. The number of rotatable bonds is 8. The van der Waals surface area contributed by atoms with Crippen molar-refractivity contribution in [2.45, 2.75) is 26.4 Å². The van der Waals surface area contributed by atoms with E-state index in [9.17, 15) is 4.79 Å². The van der Waals surface area contributed by atoms with E-state index in [0.717, 1.165) is 29.2 Å². The Morgan fingerprint density at radius 1 is 1.30 bits per heavy atom. The first-order chi connectivity index (χ1) is 11.1. The molecule has 0 unspecified atom stereocenters. The topological polar surface area (TPSA) is 50.2 Å². The predicted octanol–water partition coefficient (Wildman–Crippen LogP) is 2.35. The second kappa shape index (κ2) is 8.70. The van der Waals surface area contributed by atoms with Gasteiger partial charge in [0, 0.05) is 30.9 Å². The van der Waals surface area contributed by atoms with Gasteiger partial charge in [0.1, 0.15) is 0 Å². The lowest BCUT2D eigenvalue weighted by molar-refractivity contribution is -0.122. The number of halogens is 1. The molecule has 0 saturated carbocycles. The second-order valence-corrected chi connectivity index (χ2v) is 5.97. The molecule has 2 rings (SSSR count). The van der Waals surface area contributed by atoms with E-state index in [2.05, 4.69) is 17.3 Å². The maximum atomic E-state index is 12.0. The highest BCUT2D eigenvalue weighted by atomic mass is 35.5. The molecule has 0 saturated heterocycles. The van der Waals surface area contributed by atoms with Crippen LogP contribution in [0.5, 0.6) is 0 Å². The van der Waals surface area contributed by atoms with Gasteiger partial charge in [-0.05, 0) is 44.2 Å². The van der Waals surface area contributed by atoms with Gasteiger partial charge < -0.3 is 5.32 Å². The molecule has 23 heavy (non-hydrogen) atoms. The van der Waals surface area contributed by atoms with E-state index in [-0.39, 0.29) is 5.91 Å². The third-order valence-corrected chi connectivity index (χ3v) is 3.85. The third-order valence-electron chi connectivity index (χ3n) is 3.60. The van der Waals surface area contributed by atoms with Crippen LogP contribution >= 0.6 is 11.6 Å². The van der Waals surface area contributed by atoms with Crippen LogP contribution in [0.1, 0.15) is 18.2 Å². The molecule has 0 aliphatic rings. The highest BCUT2D eigenvalue weighted by molar-refractivity contribution is 6.30. The van der Waals surface area contributed by atoms with Crippen LogP contribution in [-0.2, 0) is 24.3 Å². The Kier molecular flexibility index (Phi) is 6.62. The maximum Gasteiger partial charge on any atom is 0.234 e. The summed E-state index contributed by atoms with van der Waals surface area (Å²) < 4.78 is 1.94. The molecule has 1 N–H and O–H groups in total. The third kappa shape index (κ3) is 5.69. The second-order valence-electron chi connectivity index (χ2n) is 5.54. The SMILES string of the molecule is CCn1nccc1CN(C)CC(=O)NCCc1ccc(Cl)cc1. The standard InChI is InChI=1S/C17H23ClN4O/c1-3-22-16(9-11-20-22)12-21(2)13-17(23)19-10-8-14-4-6-15(18)7-5-14/h4-7,9,11H,3,8,10,12-13H2,1-2H3,(H,19,23). The van der Waals surface area contributed by atoms with Crippen molar-refractivity contribution in [3.63, 3.8) is 0 Å². The molecule has 0 spiro atoms. The number of aryl methyl sites for hydroxylation is 1. The normalized spacial score (nSPS) is 11.0. The molecule has 1 aromatic carbocycles. The van der Waals surface area contributed by atoms with E-state index in [1.165, 1.54) is 0 Å². The summed E-state index contributed by atoms with van der Waals surface area (Å²) in [6, 6.07) is 9.67. The lowest BCUT2D eigenvalue weighted by atomic mass is 10.1. The number of aromatic nitrogens is 2. The van der Waals surface area contributed by atoms with Gasteiger partial charge in [0.25, 0.3) is 0 Å². The molecule has 0 aliphatic heterocycles. The monoisotopic (exact) mass is 334 g/mol. The number of carbonyl (C=O) groups is 1. The van der Waals surface area contributed by atoms with Crippen molar-refractivity contribution < 1.29 is 4.79 Å². The number of benzene rings is 1. The zero-order valence-corrected chi connectivity index (χ0v) is 14.4. The van der Waals surface area contributed by atoms with Gasteiger partial charge in [-0.15, -0.1) is 0 Å². The van der Waals surface area contributed by atoms with Crippen molar-refractivity contribution in [3.8, 4) is 0 Å². The lowest BCUT2D eigenvalue weighted by Crippen LogP contribution is -2.36. The van der Waals surface area contributed by atoms with Crippen LogP contribution in [0.2, 0.25) is 5.02 Å². The quantitative estimate of drug-likeness (QED) is 0.806. The number of likely N-dealkylation sites (N-methyl/N-ethyl adjacent to an activating group) is 1. The molecule has 124 valence electrons. The van der Waals surface area contributed by atoms with E-state index >= 15 is 0 Å². The van der Waals surface area contributed by atoms with Crippen molar-refractivity contribution in [1.29, 1.82) is 0 Å². The minimum absolute atomic E-state index is 0.0315. The van der Waals surface area contributed by atoms with Crippen molar-refractivity contribution in [1.82, 2.24) is 20.0 Å². The lowest BCUT2D eigenvalue weighted by Gasteiger charge is -2.16. The molecule has 1 heterocycles. The van der Waals surface area contributed by atoms with Gasteiger partial charge in [0.05, 0.1) is 12.2 Å². The molecular formula is C17H23ClN4O. The fourth-order valence-corrected chi connectivity index (χ4v) is 2.54. The molecule has 0 fully saturated rings. The van der Waals surface area contributed by atoms with E-state index < -0.39 is 0 Å². The first-order valence-corrected chi connectivity index (χ1v) is 8.16. The number of nitrogens with one attached hydrogen (secondary N) is 1. The summed E-state index contributed by atoms with van der Waals surface area (Å²) in [5, 5.41) is 7.91. The molecule has 0 atom stereocenters. The van der Waals surface area contributed by atoms with E-state index in [1.807, 2.05) is 47.0 Å². The Hall–Kier alpha value is -1.85. The summed E-state index contributed by atoms with van der Waals surface area (Å²) in [7, 11) is 1.94. The van der Waals surface area contributed by atoms with Crippen LogP contribution in [0.3, 0.4) is 0 Å². The zero-order valence-electron chi connectivity index (χ0n) is 13.6. The minimum atomic E-state index is 0.0315. The van der Waals surface area contributed by atoms with E-state index in [0.29, 0.717) is 19.6 Å². The first kappa shape index (κ1) is 17.5. The Balaban J connectivity index is 1.70. The summed E-state index contributed by atoms with van der Waals surface area (Å²) in [5.74, 6) is 0.0315. The van der Waals surface area contributed by atoms with Crippen molar-refractivity contribution >= 4 is 17.5 Å². The van der Waals surface area contributed by atoms with Gasteiger partial charge in [-0.1, -0.05) is 23.7 Å². The molecule has 0 aliphatic carbocycles. The molecule has 2 aromatic rings. The van der Waals surface area contributed by atoms with Gasteiger partial charge in [-0.3, -0.25) is 14.4 Å². The Morgan fingerprint density at radius 3 is 2.74 bits per heavy atom. The summed E-state index contributed by atoms with van der Waals surface area (Å²) in [4.78, 5) is 14.0. The average Bonchev–Trinajstić information content (AvgIpc) is 2.96. The highest BCUT2D eigenvalue weighted by Gasteiger charge is 2.09. The van der Waals surface area contributed by atoms with Gasteiger partial charge in [-0.25, -0.2) is 0 Å². The Morgan fingerprint density at radius 2 is 2.04 bits per heavy atom. The molecule has 6 heteroatoms. The van der Waals surface area contributed by atoms with Crippen LogP contribution < -0.4 is 5.32 Å². The summed E-state index contributed by atoms with van der Waals surface area (Å²) in [5.41, 5.74) is 2.28. The minimum Gasteiger partial charge on any atom is -0.355 e. The number of carbonyl (C=O) groups excluding carboxylic acids is 1. The van der Waals surface area contributed by atoms with Crippen molar-refractivity contribution in [3.05, 3.63) is 52.8 Å². The average molecular weight is 335 g/mol. The number of amides is 1. The van der Waals surface area contributed by atoms with Crippen molar-refractivity contribution in [2.24, 2.45) is 0 Å². The molecular weight excluding hydrogens is 312 g/mol. The summed E-state index contributed by atoms with van der Waals surface area (Å²) in [6.07, 6.45) is 2.59.